The topological polar surface area (TPSA) is 79.5 Å². The molecule has 1 aliphatic carbocycles. The van der Waals surface area contributed by atoms with Crippen LogP contribution in [-0.4, -0.2) is 40.1 Å². The molecule has 1 saturated carbocycles. The van der Waals surface area contributed by atoms with Crippen LogP contribution in [0.15, 0.2) is 18.3 Å². The van der Waals surface area contributed by atoms with Gasteiger partial charge in [-0.1, -0.05) is 19.3 Å². The number of nitrogens with two attached hydrogens (primary N) is 1. The first-order chi connectivity index (χ1) is 9.70. The van der Waals surface area contributed by atoms with Gasteiger partial charge < -0.3 is 15.7 Å². The summed E-state index contributed by atoms with van der Waals surface area (Å²) >= 11 is 0. The van der Waals surface area contributed by atoms with Crippen molar-refractivity contribution in [2.45, 2.75) is 44.6 Å². The molecule has 0 spiro atoms. The Morgan fingerprint density at radius 1 is 1.35 bits per heavy atom. The summed E-state index contributed by atoms with van der Waals surface area (Å²) in [4.78, 5) is 18.4. The first-order valence-electron chi connectivity index (χ1n) is 7.31. The SMILES string of the molecule is Nc1ccc(CC(=O)N(CCO)C2CCCCC2)nc1. The number of carbonyl (C=O) groups excluding carboxylic acids is 1. The summed E-state index contributed by atoms with van der Waals surface area (Å²) in [5.41, 5.74) is 6.91. The lowest BCUT2D eigenvalue weighted by molar-refractivity contribution is -0.134. The third kappa shape index (κ3) is 3.93. The summed E-state index contributed by atoms with van der Waals surface area (Å²) in [7, 11) is 0. The molecule has 1 heterocycles. The number of nitrogens with zero attached hydrogens (tertiary/aromatic N) is 2. The number of aromatic nitrogens is 1. The highest BCUT2D eigenvalue weighted by Crippen LogP contribution is 2.23. The van der Waals surface area contributed by atoms with Gasteiger partial charge in [-0.2, -0.15) is 0 Å². The highest BCUT2D eigenvalue weighted by atomic mass is 16.3. The Balaban J connectivity index is 2.00. The maximum Gasteiger partial charge on any atom is 0.228 e. The van der Waals surface area contributed by atoms with Crippen LogP contribution in [-0.2, 0) is 11.2 Å². The molecule has 1 aliphatic rings. The summed E-state index contributed by atoms with van der Waals surface area (Å²) < 4.78 is 0. The van der Waals surface area contributed by atoms with E-state index in [2.05, 4.69) is 4.98 Å². The third-order valence-electron chi connectivity index (χ3n) is 3.86. The Bertz CT molecular complexity index is 427. The van der Waals surface area contributed by atoms with Crippen molar-refractivity contribution < 1.29 is 9.90 Å². The fourth-order valence-electron chi connectivity index (χ4n) is 2.81. The van der Waals surface area contributed by atoms with E-state index in [4.69, 9.17) is 5.73 Å². The molecule has 0 saturated heterocycles. The minimum Gasteiger partial charge on any atom is -0.397 e. The van der Waals surface area contributed by atoms with Gasteiger partial charge in [0.25, 0.3) is 0 Å². The van der Waals surface area contributed by atoms with Crippen LogP contribution in [0.1, 0.15) is 37.8 Å². The molecule has 5 nitrogen and oxygen atoms in total. The molecule has 0 atom stereocenters. The molecule has 20 heavy (non-hydrogen) atoms. The van der Waals surface area contributed by atoms with Gasteiger partial charge in [0.15, 0.2) is 0 Å². The largest absolute Gasteiger partial charge is 0.397 e. The summed E-state index contributed by atoms with van der Waals surface area (Å²) in [5, 5.41) is 9.19. The second-order valence-electron chi connectivity index (χ2n) is 5.36. The van der Waals surface area contributed by atoms with E-state index in [1.165, 1.54) is 19.3 Å². The Kier molecular flexibility index (Phi) is 5.35. The van der Waals surface area contributed by atoms with Gasteiger partial charge in [-0.25, -0.2) is 0 Å². The number of aliphatic hydroxyl groups excluding tert-OH is 1. The molecule has 1 aromatic rings. The van der Waals surface area contributed by atoms with E-state index in [0.717, 1.165) is 18.5 Å². The number of carbonyl (C=O) groups is 1. The molecular formula is C15H23N3O2. The van der Waals surface area contributed by atoms with Crippen LogP contribution >= 0.6 is 0 Å². The Labute approximate surface area is 119 Å². The highest BCUT2D eigenvalue weighted by Gasteiger charge is 2.25. The number of aliphatic hydroxyl groups is 1. The molecule has 5 heteroatoms. The molecule has 110 valence electrons. The van der Waals surface area contributed by atoms with Crippen LogP contribution < -0.4 is 5.73 Å². The number of anilines is 1. The summed E-state index contributed by atoms with van der Waals surface area (Å²) in [6.45, 7) is 0.426. The first kappa shape index (κ1) is 14.8. The molecule has 1 aromatic heterocycles. The highest BCUT2D eigenvalue weighted by molar-refractivity contribution is 5.78. The average Bonchev–Trinajstić information content (AvgIpc) is 2.48. The summed E-state index contributed by atoms with van der Waals surface area (Å²) in [5.74, 6) is 0.0446. The first-order valence-corrected chi connectivity index (χ1v) is 7.31. The number of rotatable bonds is 5. The van der Waals surface area contributed by atoms with E-state index in [0.29, 0.717) is 12.2 Å². The zero-order valence-electron chi connectivity index (χ0n) is 11.8. The Morgan fingerprint density at radius 3 is 2.70 bits per heavy atom. The quantitative estimate of drug-likeness (QED) is 0.851. The third-order valence-corrected chi connectivity index (χ3v) is 3.86. The van der Waals surface area contributed by atoms with Crippen LogP contribution in [0.4, 0.5) is 5.69 Å². The lowest BCUT2D eigenvalue weighted by atomic mass is 9.94. The molecule has 1 amide bonds. The zero-order valence-corrected chi connectivity index (χ0v) is 11.8. The van der Waals surface area contributed by atoms with Crippen LogP contribution in [0.25, 0.3) is 0 Å². The monoisotopic (exact) mass is 277 g/mol. The molecule has 0 bridgehead atoms. The van der Waals surface area contributed by atoms with Gasteiger partial charge in [0.2, 0.25) is 5.91 Å². The van der Waals surface area contributed by atoms with Gasteiger partial charge in [0.1, 0.15) is 0 Å². The fourth-order valence-corrected chi connectivity index (χ4v) is 2.81. The lowest BCUT2D eigenvalue weighted by Gasteiger charge is -2.34. The van der Waals surface area contributed by atoms with Crippen molar-refractivity contribution in [3.63, 3.8) is 0 Å². The lowest BCUT2D eigenvalue weighted by Crippen LogP contribution is -2.43. The predicted octanol–water partition coefficient (Wildman–Crippen LogP) is 1.36. The molecule has 0 aromatic carbocycles. The molecule has 0 aliphatic heterocycles. The van der Waals surface area contributed by atoms with E-state index in [1.54, 1.807) is 18.3 Å². The van der Waals surface area contributed by atoms with Gasteiger partial charge >= 0.3 is 0 Å². The van der Waals surface area contributed by atoms with Crippen molar-refractivity contribution in [3.8, 4) is 0 Å². The predicted molar refractivity (Wildman–Crippen MR) is 78.0 cm³/mol. The van der Waals surface area contributed by atoms with E-state index >= 15 is 0 Å². The minimum absolute atomic E-state index is 0.0113. The van der Waals surface area contributed by atoms with E-state index < -0.39 is 0 Å². The average molecular weight is 277 g/mol. The second kappa shape index (κ2) is 7.24. The molecule has 2 rings (SSSR count). The normalized spacial score (nSPS) is 16.1. The maximum absolute atomic E-state index is 12.4. The smallest absolute Gasteiger partial charge is 0.228 e. The van der Waals surface area contributed by atoms with Crippen molar-refractivity contribution >= 4 is 11.6 Å². The second-order valence-corrected chi connectivity index (χ2v) is 5.36. The van der Waals surface area contributed by atoms with Crippen molar-refractivity contribution in [1.82, 2.24) is 9.88 Å². The molecular weight excluding hydrogens is 254 g/mol. The zero-order chi connectivity index (χ0) is 14.4. The van der Waals surface area contributed by atoms with Crippen LogP contribution in [0.2, 0.25) is 0 Å². The number of nitrogen functional groups attached to an aromatic ring is 1. The number of pyridine rings is 1. The Morgan fingerprint density at radius 2 is 2.10 bits per heavy atom. The number of hydrogen-bond acceptors (Lipinski definition) is 4. The van der Waals surface area contributed by atoms with Gasteiger partial charge in [0, 0.05) is 18.3 Å². The molecule has 1 fully saturated rings. The fraction of sp³-hybridized carbons (Fsp3) is 0.600. The van der Waals surface area contributed by atoms with Crippen molar-refractivity contribution in [2.24, 2.45) is 0 Å². The minimum atomic E-state index is 0.0113. The van der Waals surface area contributed by atoms with Gasteiger partial charge in [-0.05, 0) is 25.0 Å². The Hall–Kier alpha value is -1.62. The van der Waals surface area contributed by atoms with Crippen molar-refractivity contribution in [1.29, 1.82) is 0 Å². The van der Waals surface area contributed by atoms with Gasteiger partial charge in [0.05, 0.1) is 24.9 Å². The summed E-state index contributed by atoms with van der Waals surface area (Å²) in [6.07, 6.45) is 7.51. The standard InChI is InChI=1S/C15H23N3O2/c16-12-6-7-13(17-11-12)10-15(20)18(8-9-19)14-4-2-1-3-5-14/h6-7,11,14,19H,1-5,8-10,16H2. The van der Waals surface area contributed by atoms with Crippen molar-refractivity contribution in [3.05, 3.63) is 24.0 Å². The summed E-state index contributed by atoms with van der Waals surface area (Å²) in [6, 6.07) is 3.81. The number of hydrogen-bond donors (Lipinski definition) is 2. The van der Waals surface area contributed by atoms with Crippen LogP contribution in [0.3, 0.4) is 0 Å². The molecule has 0 radical (unpaired) electrons. The number of amides is 1. The van der Waals surface area contributed by atoms with E-state index in [9.17, 15) is 9.90 Å². The van der Waals surface area contributed by atoms with Crippen LogP contribution in [0.5, 0.6) is 0 Å². The molecule has 3 N–H and O–H groups in total. The van der Waals surface area contributed by atoms with Crippen LogP contribution in [0, 0.1) is 0 Å². The van der Waals surface area contributed by atoms with E-state index in [1.807, 2.05) is 4.90 Å². The van der Waals surface area contributed by atoms with Gasteiger partial charge in [-0.15, -0.1) is 0 Å². The van der Waals surface area contributed by atoms with Crippen molar-refractivity contribution in [2.75, 3.05) is 18.9 Å². The van der Waals surface area contributed by atoms with Gasteiger partial charge in [-0.3, -0.25) is 9.78 Å². The molecule has 0 unspecified atom stereocenters. The maximum atomic E-state index is 12.4. The van der Waals surface area contributed by atoms with E-state index in [-0.39, 0.29) is 25.0 Å².